The number of ether oxygens (including phenoxy) is 4. The van der Waals surface area contributed by atoms with Gasteiger partial charge in [-0.2, -0.15) is 0 Å². The van der Waals surface area contributed by atoms with Crippen molar-refractivity contribution in [3.05, 3.63) is 0 Å². The van der Waals surface area contributed by atoms with Crippen molar-refractivity contribution in [2.45, 2.75) is 38.9 Å². The highest BCUT2D eigenvalue weighted by Gasteiger charge is 2.79. The van der Waals surface area contributed by atoms with Crippen LogP contribution in [-0.2, 0) is 33.3 Å². The molecule has 2 fully saturated rings. The van der Waals surface area contributed by atoms with E-state index in [4.69, 9.17) is 18.9 Å². The van der Waals surface area contributed by atoms with Crippen molar-refractivity contribution < 1.29 is 33.3 Å². The minimum Gasteiger partial charge on any atom is -0.465 e. The van der Waals surface area contributed by atoms with Crippen LogP contribution in [0.5, 0.6) is 0 Å². The first-order valence-electron chi connectivity index (χ1n) is 6.69. The van der Waals surface area contributed by atoms with Crippen molar-refractivity contribution in [1.29, 1.82) is 0 Å². The monoisotopic (exact) mass is 286 g/mol. The Bertz CT molecular complexity index is 426. The molecule has 0 aliphatic carbocycles. The maximum absolute atomic E-state index is 12.2. The SMILES string of the molecule is CCOC(=O)C1(C(=O)OCC)COC(=O)[C@]2(CC)O[C@H]12. The van der Waals surface area contributed by atoms with E-state index in [2.05, 4.69) is 0 Å². The summed E-state index contributed by atoms with van der Waals surface area (Å²) in [6, 6.07) is 0. The van der Waals surface area contributed by atoms with E-state index in [1.807, 2.05) is 0 Å². The number of rotatable bonds is 5. The molecule has 0 spiro atoms. The van der Waals surface area contributed by atoms with E-state index in [0.29, 0.717) is 6.42 Å². The zero-order valence-electron chi connectivity index (χ0n) is 11.8. The summed E-state index contributed by atoms with van der Waals surface area (Å²) in [6.45, 7) is 4.81. The van der Waals surface area contributed by atoms with Crippen LogP contribution >= 0.6 is 0 Å². The van der Waals surface area contributed by atoms with Crippen LogP contribution in [0.3, 0.4) is 0 Å². The summed E-state index contributed by atoms with van der Waals surface area (Å²) < 4.78 is 20.3. The molecule has 0 unspecified atom stereocenters. The minimum atomic E-state index is -1.71. The Morgan fingerprint density at radius 1 is 1.20 bits per heavy atom. The lowest BCUT2D eigenvalue weighted by Crippen LogP contribution is -2.57. The summed E-state index contributed by atoms with van der Waals surface area (Å²) in [7, 11) is 0. The standard InChI is InChI=1S/C13H18O7/c1-4-13-8(20-13)12(7-19-11(13)16,9(14)17-5-2)10(15)18-6-3/h8H,4-7H2,1-3H3/t8-,13-/m1/s1. The predicted molar refractivity (Wildman–Crippen MR) is 64.6 cm³/mol. The summed E-state index contributed by atoms with van der Waals surface area (Å²) >= 11 is 0. The van der Waals surface area contributed by atoms with Crippen molar-refractivity contribution in [2.24, 2.45) is 5.41 Å². The van der Waals surface area contributed by atoms with Gasteiger partial charge in [0.25, 0.3) is 0 Å². The summed E-state index contributed by atoms with van der Waals surface area (Å²) in [4.78, 5) is 36.3. The van der Waals surface area contributed by atoms with Crippen LogP contribution in [-0.4, -0.2) is 49.4 Å². The Kier molecular flexibility index (Phi) is 3.73. The Labute approximate surface area is 116 Å². The molecule has 0 saturated carbocycles. The molecule has 2 aliphatic rings. The van der Waals surface area contributed by atoms with E-state index in [-0.39, 0.29) is 13.2 Å². The fourth-order valence-electron chi connectivity index (χ4n) is 2.56. The number of carbonyl (C=O) groups is 3. The molecule has 2 aliphatic heterocycles. The second-order valence-corrected chi connectivity index (χ2v) is 4.73. The van der Waals surface area contributed by atoms with Gasteiger partial charge in [-0.1, -0.05) is 6.92 Å². The number of cyclic esters (lactones) is 1. The molecule has 0 aromatic carbocycles. The molecule has 0 bridgehead atoms. The van der Waals surface area contributed by atoms with Crippen LogP contribution in [0, 0.1) is 5.41 Å². The van der Waals surface area contributed by atoms with Crippen LogP contribution in [0.15, 0.2) is 0 Å². The van der Waals surface area contributed by atoms with Crippen molar-refractivity contribution >= 4 is 17.9 Å². The normalized spacial score (nSPS) is 29.9. The summed E-state index contributed by atoms with van der Waals surface area (Å²) in [5.41, 5.74) is -2.94. The van der Waals surface area contributed by atoms with E-state index in [1.54, 1.807) is 20.8 Å². The molecule has 2 saturated heterocycles. The lowest BCUT2D eigenvalue weighted by Gasteiger charge is -2.31. The highest BCUT2D eigenvalue weighted by Crippen LogP contribution is 2.54. The number of fused-ring (bicyclic) bond motifs is 1. The molecule has 2 atom stereocenters. The van der Waals surface area contributed by atoms with E-state index in [9.17, 15) is 14.4 Å². The van der Waals surface area contributed by atoms with Crippen molar-refractivity contribution in [3.8, 4) is 0 Å². The van der Waals surface area contributed by atoms with Gasteiger partial charge >= 0.3 is 17.9 Å². The fraction of sp³-hybridized carbons (Fsp3) is 0.769. The van der Waals surface area contributed by atoms with Gasteiger partial charge in [0.05, 0.1) is 13.2 Å². The Morgan fingerprint density at radius 2 is 1.75 bits per heavy atom. The van der Waals surface area contributed by atoms with Crippen molar-refractivity contribution in [1.82, 2.24) is 0 Å². The molecular weight excluding hydrogens is 268 g/mol. The molecule has 0 amide bonds. The van der Waals surface area contributed by atoms with Crippen LogP contribution in [0.1, 0.15) is 27.2 Å². The molecule has 7 heteroatoms. The van der Waals surface area contributed by atoms with E-state index < -0.39 is 41.6 Å². The van der Waals surface area contributed by atoms with E-state index >= 15 is 0 Å². The van der Waals surface area contributed by atoms with Gasteiger partial charge in [-0.15, -0.1) is 0 Å². The Morgan fingerprint density at radius 3 is 2.20 bits per heavy atom. The van der Waals surface area contributed by atoms with Crippen molar-refractivity contribution in [3.63, 3.8) is 0 Å². The molecule has 20 heavy (non-hydrogen) atoms. The smallest absolute Gasteiger partial charge is 0.341 e. The first kappa shape index (κ1) is 14.8. The second-order valence-electron chi connectivity index (χ2n) is 4.73. The van der Waals surface area contributed by atoms with Gasteiger partial charge in [0.15, 0.2) is 5.60 Å². The van der Waals surface area contributed by atoms with Gasteiger partial charge in [-0.25, -0.2) is 4.79 Å². The first-order chi connectivity index (χ1) is 9.49. The second kappa shape index (κ2) is 5.05. The molecule has 0 N–H and O–H groups in total. The third-order valence-electron chi connectivity index (χ3n) is 3.72. The lowest BCUT2D eigenvalue weighted by atomic mass is 9.77. The maximum Gasteiger partial charge on any atom is 0.341 e. The molecule has 0 aromatic rings. The molecular formula is C13H18O7. The largest absolute Gasteiger partial charge is 0.465 e. The van der Waals surface area contributed by atoms with E-state index in [1.165, 1.54) is 0 Å². The van der Waals surface area contributed by atoms with Gasteiger partial charge in [0.1, 0.15) is 12.7 Å². The molecule has 0 aromatic heterocycles. The number of esters is 3. The summed E-state index contributed by atoms with van der Waals surface area (Å²) in [5, 5.41) is 0. The average Bonchev–Trinajstić information content (AvgIpc) is 3.17. The molecule has 2 heterocycles. The molecule has 7 nitrogen and oxygen atoms in total. The molecule has 0 radical (unpaired) electrons. The zero-order valence-corrected chi connectivity index (χ0v) is 11.8. The zero-order chi connectivity index (χ0) is 15.0. The highest BCUT2D eigenvalue weighted by molar-refractivity contribution is 6.05. The van der Waals surface area contributed by atoms with Gasteiger partial charge in [-0.05, 0) is 20.3 Å². The Balaban J connectivity index is 2.37. The fourth-order valence-corrected chi connectivity index (χ4v) is 2.56. The van der Waals surface area contributed by atoms with Gasteiger partial charge in [-0.3, -0.25) is 9.59 Å². The Hall–Kier alpha value is -1.63. The summed E-state index contributed by atoms with van der Waals surface area (Å²) in [6.07, 6.45) is -0.559. The maximum atomic E-state index is 12.2. The van der Waals surface area contributed by atoms with Crippen LogP contribution in [0.25, 0.3) is 0 Å². The third-order valence-corrected chi connectivity index (χ3v) is 3.72. The van der Waals surface area contributed by atoms with Crippen molar-refractivity contribution in [2.75, 3.05) is 19.8 Å². The van der Waals surface area contributed by atoms with E-state index in [0.717, 1.165) is 0 Å². The number of carbonyl (C=O) groups excluding carboxylic acids is 3. The number of epoxide rings is 1. The number of hydrogen-bond acceptors (Lipinski definition) is 7. The third kappa shape index (κ3) is 1.80. The lowest BCUT2D eigenvalue weighted by molar-refractivity contribution is -0.183. The topological polar surface area (TPSA) is 91.4 Å². The van der Waals surface area contributed by atoms with Gasteiger partial charge < -0.3 is 18.9 Å². The van der Waals surface area contributed by atoms with Crippen LogP contribution in [0.4, 0.5) is 0 Å². The minimum absolute atomic E-state index is 0.111. The van der Waals surface area contributed by atoms with Crippen LogP contribution in [0.2, 0.25) is 0 Å². The quantitative estimate of drug-likeness (QED) is 0.308. The van der Waals surface area contributed by atoms with Gasteiger partial charge in [0, 0.05) is 0 Å². The molecule has 112 valence electrons. The van der Waals surface area contributed by atoms with Crippen LogP contribution < -0.4 is 0 Å². The highest BCUT2D eigenvalue weighted by atomic mass is 16.7. The predicted octanol–water partition coefficient (Wildman–Crippen LogP) is 0.203. The number of hydrogen-bond donors (Lipinski definition) is 0. The first-order valence-corrected chi connectivity index (χ1v) is 6.69. The molecule has 2 rings (SSSR count). The van der Waals surface area contributed by atoms with Gasteiger partial charge in [0.2, 0.25) is 5.41 Å². The summed E-state index contributed by atoms with van der Waals surface area (Å²) in [5.74, 6) is -2.09. The average molecular weight is 286 g/mol.